The van der Waals surface area contributed by atoms with E-state index in [0.717, 1.165) is 0 Å². The molecule has 0 aromatic heterocycles. The minimum atomic E-state index is -0.937. The van der Waals surface area contributed by atoms with E-state index < -0.39 is 12.0 Å². The zero-order valence-electron chi connectivity index (χ0n) is 10.6. The predicted octanol–water partition coefficient (Wildman–Crippen LogP) is 3.38. The summed E-state index contributed by atoms with van der Waals surface area (Å²) in [6.45, 7) is 1.67. The van der Waals surface area contributed by atoms with Crippen LogP contribution in [0.3, 0.4) is 0 Å². The molecule has 2 nitrogen and oxygen atoms in total. The molecule has 0 heterocycles. The van der Waals surface area contributed by atoms with Crippen LogP contribution in [0.25, 0.3) is 0 Å². The fourth-order valence-corrected chi connectivity index (χ4v) is 1.96. The van der Waals surface area contributed by atoms with E-state index >= 15 is 0 Å². The molecule has 0 saturated heterocycles. The lowest BCUT2D eigenvalue weighted by Gasteiger charge is -2.18. The third-order valence-electron chi connectivity index (χ3n) is 3.16. The molecule has 0 amide bonds. The molecule has 0 saturated carbocycles. The third kappa shape index (κ3) is 3.06. The van der Waals surface area contributed by atoms with Crippen molar-refractivity contribution < 1.29 is 14.3 Å². The van der Waals surface area contributed by atoms with E-state index in [9.17, 15) is 14.3 Å². The summed E-state index contributed by atoms with van der Waals surface area (Å²) >= 11 is 0. The molecule has 0 fully saturated rings. The van der Waals surface area contributed by atoms with E-state index in [-0.39, 0.29) is 11.6 Å². The van der Waals surface area contributed by atoms with Gasteiger partial charge in [-0.1, -0.05) is 49.4 Å². The highest BCUT2D eigenvalue weighted by molar-refractivity contribution is 5.98. The molecule has 19 heavy (non-hydrogen) atoms. The molecule has 2 aromatic rings. The summed E-state index contributed by atoms with van der Waals surface area (Å²) in [5.74, 6) is -1.07. The lowest BCUT2D eigenvalue weighted by Crippen LogP contribution is -2.19. The molecule has 2 aromatic carbocycles. The van der Waals surface area contributed by atoms with Crippen molar-refractivity contribution in [1.29, 1.82) is 0 Å². The summed E-state index contributed by atoms with van der Waals surface area (Å²) in [6, 6.07) is 14.4. The minimum Gasteiger partial charge on any atom is -0.388 e. The number of hydrogen-bond acceptors (Lipinski definition) is 2. The molecule has 0 radical (unpaired) electrons. The van der Waals surface area contributed by atoms with Crippen LogP contribution in [0.15, 0.2) is 54.6 Å². The van der Waals surface area contributed by atoms with Gasteiger partial charge in [0.2, 0.25) is 0 Å². The van der Waals surface area contributed by atoms with Crippen molar-refractivity contribution in [2.24, 2.45) is 5.92 Å². The first-order valence-corrected chi connectivity index (χ1v) is 6.12. The molecular formula is C16H15FO2. The Hall–Kier alpha value is -2.00. The van der Waals surface area contributed by atoms with Crippen molar-refractivity contribution in [2.45, 2.75) is 13.0 Å². The zero-order valence-corrected chi connectivity index (χ0v) is 10.6. The van der Waals surface area contributed by atoms with Gasteiger partial charge in [-0.25, -0.2) is 4.39 Å². The van der Waals surface area contributed by atoms with Gasteiger partial charge in [-0.3, -0.25) is 4.79 Å². The highest BCUT2D eigenvalue weighted by atomic mass is 19.1. The van der Waals surface area contributed by atoms with Crippen molar-refractivity contribution in [3.63, 3.8) is 0 Å². The first kappa shape index (κ1) is 13.4. The Morgan fingerprint density at radius 3 is 2.21 bits per heavy atom. The number of aliphatic hydroxyl groups is 1. The van der Waals surface area contributed by atoms with Crippen LogP contribution in [-0.4, -0.2) is 10.9 Å². The molecule has 0 unspecified atom stereocenters. The van der Waals surface area contributed by atoms with E-state index in [1.54, 1.807) is 31.2 Å². The summed E-state index contributed by atoms with van der Waals surface area (Å²) in [5.41, 5.74) is 1.11. The zero-order chi connectivity index (χ0) is 13.8. The molecular weight excluding hydrogens is 243 g/mol. The van der Waals surface area contributed by atoms with Crippen LogP contribution < -0.4 is 0 Å². The van der Waals surface area contributed by atoms with Crippen LogP contribution >= 0.6 is 0 Å². The maximum absolute atomic E-state index is 12.8. The molecule has 0 aliphatic heterocycles. The summed E-state index contributed by atoms with van der Waals surface area (Å²) in [6.07, 6.45) is -0.937. The average Bonchev–Trinajstić information content (AvgIpc) is 2.46. The van der Waals surface area contributed by atoms with E-state index in [1.165, 1.54) is 24.3 Å². The monoisotopic (exact) mass is 258 g/mol. The van der Waals surface area contributed by atoms with Gasteiger partial charge in [0.1, 0.15) is 5.82 Å². The number of Topliss-reactive ketones (excluding diaryl/α,β-unsaturated/α-hetero) is 1. The number of halogens is 1. The second-order valence-corrected chi connectivity index (χ2v) is 4.52. The van der Waals surface area contributed by atoms with Gasteiger partial charge in [0, 0.05) is 11.5 Å². The Bertz CT molecular complexity index is 549. The summed E-state index contributed by atoms with van der Waals surface area (Å²) in [4.78, 5) is 12.2. The van der Waals surface area contributed by atoms with Crippen molar-refractivity contribution in [1.82, 2.24) is 0 Å². The predicted molar refractivity (Wildman–Crippen MR) is 71.3 cm³/mol. The number of benzene rings is 2. The lowest BCUT2D eigenvalue weighted by atomic mass is 9.90. The molecule has 0 bridgehead atoms. The first-order valence-electron chi connectivity index (χ1n) is 6.12. The standard InChI is InChI=1S/C16H15FO2/c1-11(15(18)12-5-3-2-4-6-12)16(19)13-7-9-14(17)10-8-13/h2-11,16,19H,1H3/t11-,16-/m1/s1. The topological polar surface area (TPSA) is 37.3 Å². The van der Waals surface area contributed by atoms with Crippen LogP contribution in [-0.2, 0) is 0 Å². The minimum absolute atomic E-state index is 0.127. The number of ketones is 1. The summed E-state index contributed by atoms with van der Waals surface area (Å²) in [5, 5.41) is 10.2. The number of carbonyl (C=O) groups is 1. The normalized spacial score (nSPS) is 13.8. The molecule has 3 heteroatoms. The van der Waals surface area contributed by atoms with Gasteiger partial charge in [0.25, 0.3) is 0 Å². The Morgan fingerprint density at radius 1 is 1.05 bits per heavy atom. The van der Waals surface area contributed by atoms with Gasteiger partial charge in [0.05, 0.1) is 6.10 Å². The van der Waals surface area contributed by atoms with Crippen molar-refractivity contribution in [2.75, 3.05) is 0 Å². The largest absolute Gasteiger partial charge is 0.388 e. The molecule has 2 rings (SSSR count). The maximum atomic E-state index is 12.8. The molecule has 98 valence electrons. The fourth-order valence-electron chi connectivity index (χ4n) is 1.96. The van der Waals surface area contributed by atoms with Gasteiger partial charge in [-0.15, -0.1) is 0 Å². The van der Waals surface area contributed by atoms with Crippen LogP contribution in [0.2, 0.25) is 0 Å². The lowest BCUT2D eigenvalue weighted by molar-refractivity contribution is 0.0713. The van der Waals surface area contributed by atoms with Crippen LogP contribution in [0, 0.1) is 11.7 Å². The summed E-state index contributed by atoms with van der Waals surface area (Å²) in [7, 11) is 0. The smallest absolute Gasteiger partial charge is 0.168 e. The fraction of sp³-hybridized carbons (Fsp3) is 0.188. The SMILES string of the molecule is C[C@H](C(=O)c1ccccc1)[C@@H](O)c1ccc(F)cc1. The van der Waals surface area contributed by atoms with E-state index in [2.05, 4.69) is 0 Å². The molecule has 1 N–H and O–H groups in total. The number of carbonyl (C=O) groups excluding carboxylic acids is 1. The van der Waals surface area contributed by atoms with E-state index in [0.29, 0.717) is 11.1 Å². The van der Waals surface area contributed by atoms with Gasteiger partial charge in [-0.2, -0.15) is 0 Å². The van der Waals surface area contributed by atoms with Crippen LogP contribution in [0.1, 0.15) is 28.9 Å². The van der Waals surface area contributed by atoms with Gasteiger partial charge < -0.3 is 5.11 Å². The van der Waals surface area contributed by atoms with Gasteiger partial charge in [0.15, 0.2) is 5.78 Å². The van der Waals surface area contributed by atoms with Crippen LogP contribution in [0.5, 0.6) is 0 Å². The van der Waals surface area contributed by atoms with Gasteiger partial charge in [-0.05, 0) is 17.7 Å². The second kappa shape index (κ2) is 5.76. The molecule has 2 atom stereocenters. The summed E-state index contributed by atoms with van der Waals surface area (Å²) < 4.78 is 12.8. The third-order valence-corrected chi connectivity index (χ3v) is 3.16. The van der Waals surface area contributed by atoms with Crippen molar-refractivity contribution in [3.8, 4) is 0 Å². The second-order valence-electron chi connectivity index (χ2n) is 4.52. The van der Waals surface area contributed by atoms with Crippen molar-refractivity contribution in [3.05, 3.63) is 71.5 Å². The highest BCUT2D eigenvalue weighted by Crippen LogP contribution is 2.25. The maximum Gasteiger partial charge on any atom is 0.168 e. The quantitative estimate of drug-likeness (QED) is 0.854. The first-order chi connectivity index (χ1) is 9.09. The molecule has 0 aliphatic rings. The van der Waals surface area contributed by atoms with Gasteiger partial charge >= 0.3 is 0 Å². The average molecular weight is 258 g/mol. The Kier molecular flexibility index (Phi) is 4.07. The van der Waals surface area contributed by atoms with Crippen LogP contribution in [0.4, 0.5) is 4.39 Å². The Morgan fingerprint density at radius 2 is 1.63 bits per heavy atom. The molecule has 0 spiro atoms. The number of hydrogen-bond donors (Lipinski definition) is 1. The molecule has 0 aliphatic carbocycles. The highest BCUT2D eigenvalue weighted by Gasteiger charge is 2.24. The van der Waals surface area contributed by atoms with Crippen molar-refractivity contribution >= 4 is 5.78 Å². The number of rotatable bonds is 4. The number of aliphatic hydroxyl groups excluding tert-OH is 1. The Labute approximate surface area is 111 Å². The van der Waals surface area contributed by atoms with E-state index in [1.807, 2.05) is 6.07 Å². The van der Waals surface area contributed by atoms with E-state index in [4.69, 9.17) is 0 Å². The Balaban J connectivity index is 2.17.